The number of carbonyl (C=O) groups is 1. The van der Waals surface area contributed by atoms with Gasteiger partial charge in [-0.05, 0) is 54.4 Å². The third-order valence-corrected chi connectivity index (χ3v) is 4.91. The summed E-state index contributed by atoms with van der Waals surface area (Å²) in [6, 6.07) is 13.9. The van der Waals surface area contributed by atoms with Gasteiger partial charge in [-0.25, -0.2) is 4.98 Å². The van der Waals surface area contributed by atoms with E-state index in [9.17, 15) is 4.79 Å². The monoisotopic (exact) mass is 374 g/mol. The number of pyridine rings is 1. The molecule has 4 rings (SSSR count). The molecular weight excluding hydrogens is 352 g/mol. The predicted octanol–water partition coefficient (Wildman–Crippen LogP) is 3.68. The van der Waals surface area contributed by atoms with Crippen molar-refractivity contribution in [2.45, 2.75) is 20.4 Å². The fourth-order valence-electron chi connectivity index (χ4n) is 3.54. The van der Waals surface area contributed by atoms with Gasteiger partial charge in [0.15, 0.2) is 5.65 Å². The number of amides is 1. The van der Waals surface area contributed by atoms with Crippen molar-refractivity contribution < 1.29 is 9.53 Å². The highest BCUT2D eigenvalue weighted by Gasteiger charge is 2.17. The molecule has 142 valence electrons. The van der Waals surface area contributed by atoms with Crippen LogP contribution < -0.4 is 10.1 Å². The van der Waals surface area contributed by atoms with Crippen molar-refractivity contribution in [3.63, 3.8) is 0 Å². The summed E-state index contributed by atoms with van der Waals surface area (Å²) in [5.41, 5.74) is 3.96. The Kier molecular flexibility index (Phi) is 4.47. The van der Waals surface area contributed by atoms with Gasteiger partial charge in [-0.15, -0.1) is 0 Å². The number of carbonyl (C=O) groups excluding carboxylic acids is 1. The Hall–Kier alpha value is -3.41. The summed E-state index contributed by atoms with van der Waals surface area (Å²) >= 11 is 0. The number of methoxy groups -OCH3 is 1. The van der Waals surface area contributed by atoms with Crippen molar-refractivity contribution in [1.82, 2.24) is 20.1 Å². The predicted molar refractivity (Wildman–Crippen MR) is 110 cm³/mol. The second kappa shape index (κ2) is 6.96. The van der Waals surface area contributed by atoms with Crippen LogP contribution in [-0.2, 0) is 13.6 Å². The van der Waals surface area contributed by atoms with Crippen LogP contribution >= 0.6 is 0 Å². The number of nitrogens with zero attached hydrogens (tertiary/aromatic N) is 3. The van der Waals surface area contributed by atoms with Gasteiger partial charge in [-0.1, -0.05) is 18.2 Å². The maximum Gasteiger partial charge on any atom is 0.252 e. The number of benzene rings is 2. The van der Waals surface area contributed by atoms with E-state index in [0.29, 0.717) is 12.1 Å². The first-order valence-electron chi connectivity index (χ1n) is 9.12. The van der Waals surface area contributed by atoms with Crippen molar-refractivity contribution in [2.75, 3.05) is 7.11 Å². The third kappa shape index (κ3) is 3.17. The van der Waals surface area contributed by atoms with E-state index in [-0.39, 0.29) is 5.91 Å². The Morgan fingerprint density at radius 1 is 1.11 bits per heavy atom. The molecule has 0 saturated carbocycles. The largest absolute Gasteiger partial charge is 0.497 e. The molecule has 0 saturated heterocycles. The van der Waals surface area contributed by atoms with Gasteiger partial charge in [0.05, 0.1) is 23.8 Å². The molecular formula is C22H22N4O2. The van der Waals surface area contributed by atoms with E-state index in [1.165, 1.54) is 0 Å². The zero-order chi connectivity index (χ0) is 19.8. The third-order valence-electron chi connectivity index (χ3n) is 4.91. The minimum Gasteiger partial charge on any atom is -0.497 e. The number of nitrogens with one attached hydrogen (secondary N) is 1. The highest BCUT2D eigenvalue weighted by Crippen LogP contribution is 2.23. The van der Waals surface area contributed by atoms with Gasteiger partial charge in [-0.3, -0.25) is 9.48 Å². The lowest BCUT2D eigenvalue weighted by molar-refractivity contribution is 0.0952. The number of rotatable bonds is 4. The maximum atomic E-state index is 12.9. The van der Waals surface area contributed by atoms with E-state index in [0.717, 1.165) is 44.5 Å². The summed E-state index contributed by atoms with van der Waals surface area (Å²) in [5.74, 6) is 0.707. The van der Waals surface area contributed by atoms with Crippen LogP contribution in [0.25, 0.3) is 21.8 Å². The molecule has 1 amide bonds. The number of hydrogen-bond donors (Lipinski definition) is 1. The van der Waals surface area contributed by atoms with Crippen LogP contribution in [0.4, 0.5) is 0 Å². The van der Waals surface area contributed by atoms with Crippen LogP contribution in [0, 0.1) is 13.8 Å². The molecule has 6 heteroatoms. The van der Waals surface area contributed by atoms with Gasteiger partial charge in [0.25, 0.3) is 5.91 Å². The summed E-state index contributed by atoms with van der Waals surface area (Å²) in [6.45, 7) is 4.23. The fraction of sp³-hybridized carbons (Fsp3) is 0.227. The van der Waals surface area contributed by atoms with Crippen molar-refractivity contribution in [1.29, 1.82) is 0 Å². The van der Waals surface area contributed by atoms with Gasteiger partial charge >= 0.3 is 0 Å². The van der Waals surface area contributed by atoms with Crippen molar-refractivity contribution in [2.24, 2.45) is 7.05 Å². The van der Waals surface area contributed by atoms with E-state index in [1.54, 1.807) is 11.8 Å². The number of ether oxygens (including phenoxy) is 1. The fourth-order valence-corrected chi connectivity index (χ4v) is 3.54. The molecule has 0 aliphatic rings. The number of hydrogen-bond acceptors (Lipinski definition) is 4. The maximum absolute atomic E-state index is 12.9. The molecule has 0 radical (unpaired) electrons. The normalized spacial score (nSPS) is 11.1. The van der Waals surface area contributed by atoms with Crippen LogP contribution in [0.1, 0.15) is 27.3 Å². The summed E-state index contributed by atoms with van der Waals surface area (Å²) in [4.78, 5) is 17.4. The molecule has 0 aliphatic heterocycles. The second-order valence-corrected chi connectivity index (χ2v) is 6.95. The van der Waals surface area contributed by atoms with Gasteiger partial charge < -0.3 is 10.1 Å². The lowest BCUT2D eigenvalue weighted by Crippen LogP contribution is -2.23. The lowest BCUT2D eigenvalue weighted by Gasteiger charge is -2.09. The minimum absolute atomic E-state index is 0.124. The first-order chi connectivity index (χ1) is 13.5. The van der Waals surface area contributed by atoms with Crippen molar-refractivity contribution >= 4 is 27.7 Å². The highest BCUT2D eigenvalue weighted by molar-refractivity contribution is 6.06. The molecule has 4 aromatic rings. The zero-order valence-electron chi connectivity index (χ0n) is 16.4. The van der Waals surface area contributed by atoms with Gasteiger partial charge in [0, 0.05) is 19.3 Å². The first-order valence-corrected chi connectivity index (χ1v) is 9.12. The first kappa shape index (κ1) is 18.0. The molecule has 6 nitrogen and oxygen atoms in total. The molecule has 0 unspecified atom stereocenters. The van der Waals surface area contributed by atoms with Crippen LogP contribution in [0.3, 0.4) is 0 Å². The molecule has 2 aromatic carbocycles. The number of aryl methyl sites for hydroxylation is 3. The number of aromatic nitrogens is 3. The van der Waals surface area contributed by atoms with Crippen LogP contribution in [0.2, 0.25) is 0 Å². The van der Waals surface area contributed by atoms with Gasteiger partial charge in [0.1, 0.15) is 5.75 Å². The second-order valence-electron chi connectivity index (χ2n) is 6.95. The lowest BCUT2D eigenvalue weighted by atomic mass is 10.1. The summed E-state index contributed by atoms with van der Waals surface area (Å²) < 4.78 is 6.98. The Bertz CT molecular complexity index is 1210. The van der Waals surface area contributed by atoms with Crippen LogP contribution in [-0.4, -0.2) is 27.8 Å². The van der Waals surface area contributed by atoms with Gasteiger partial charge in [-0.2, -0.15) is 5.10 Å². The van der Waals surface area contributed by atoms with E-state index in [2.05, 4.69) is 21.5 Å². The summed E-state index contributed by atoms with van der Waals surface area (Å²) in [5, 5.41) is 10.4. The molecule has 0 spiro atoms. The summed E-state index contributed by atoms with van der Waals surface area (Å²) in [6.07, 6.45) is 0. The van der Waals surface area contributed by atoms with Gasteiger partial charge in [0.2, 0.25) is 0 Å². The summed E-state index contributed by atoms with van der Waals surface area (Å²) in [7, 11) is 3.50. The molecule has 0 fully saturated rings. The zero-order valence-corrected chi connectivity index (χ0v) is 16.4. The molecule has 1 N–H and O–H groups in total. The highest BCUT2D eigenvalue weighted by atomic mass is 16.5. The Labute approximate surface area is 163 Å². The van der Waals surface area contributed by atoms with E-state index in [4.69, 9.17) is 4.74 Å². The van der Waals surface area contributed by atoms with E-state index < -0.39 is 0 Å². The van der Waals surface area contributed by atoms with Crippen LogP contribution in [0.15, 0.2) is 42.5 Å². The quantitative estimate of drug-likeness (QED) is 0.592. The SMILES string of the molecule is COc1ccc2cc(CNC(=O)c3cc(C)nc4c3c(C)nn4C)ccc2c1. The van der Waals surface area contributed by atoms with Crippen molar-refractivity contribution in [3.8, 4) is 5.75 Å². The Morgan fingerprint density at radius 2 is 1.86 bits per heavy atom. The average molecular weight is 374 g/mol. The Balaban J connectivity index is 1.59. The average Bonchev–Trinajstić information content (AvgIpc) is 2.98. The Morgan fingerprint density at radius 3 is 2.64 bits per heavy atom. The van der Waals surface area contributed by atoms with Crippen LogP contribution in [0.5, 0.6) is 5.75 Å². The topological polar surface area (TPSA) is 69.0 Å². The van der Waals surface area contributed by atoms with Crippen molar-refractivity contribution in [3.05, 3.63) is 65.0 Å². The smallest absolute Gasteiger partial charge is 0.252 e. The molecule has 0 bridgehead atoms. The van der Waals surface area contributed by atoms with E-state index in [1.807, 2.05) is 57.3 Å². The molecule has 2 heterocycles. The molecule has 2 aromatic heterocycles. The molecule has 0 atom stereocenters. The molecule has 0 aliphatic carbocycles. The standard InChI is InChI=1S/C22H22N4O2/c1-13-9-19(20-14(2)25-26(3)21(20)24-13)22(27)23-12-15-5-6-17-11-18(28-4)8-7-16(17)10-15/h5-11H,12H2,1-4H3,(H,23,27). The van der Waals surface area contributed by atoms with E-state index >= 15 is 0 Å². The number of fused-ring (bicyclic) bond motifs is 2. The minimum atomic E-state index is -0.124. The molecule has 28 heavy (non-hydrogen) atoms.